The van der Waals surface area contributed by atoms with E-state index in [-0.39, 0.29) is 24.1 Å². The Morgan fingerprint density at radius 3 is 2.85 bits per heavy atom. The molecule has 5 nitrogen and oxygen atoms in total. The Morgan fingerprint density at radius 2 is 2.15 bits per heavy atom. The van der Waals surface area contributed by atoms with Crippen molar-refractivity contribution in [2.45, 2.75) is 43.9 Å². The summed E-state index contributed by atoms with van der Waals surface area (Å²) >= 11 is 0. The van der Waals surface area contributed by atoms with Gasteiger partial charge in [0.1, 0.15) is 0 Å². The van der Waals surface area contributed by atoms with Crippen molar-refractivity contribution < 1.29 is 9.53 Å². The van der Waals surface area contributed by atoms with Gasteiger partial charge in [-0.05, 0) is 37.0 Å². The molecule has 2 aliphatic heterocycles. The van der Waals surface area contributed by atoms with Gasteiger partial charge in [0.15, 0.2) is 0 Å². The number of aromatic nitrogens is 1. The van der Waals surface area contributed by atoms with Crippen molar-refractivity contribution in [3.63, 3.8) is 0 Å². The molecule has 0 saturated carbocycles. The van der Waals surface area contributed by atoms with Crippen molar-refractivity contribution in [2.24, 2.45) is 5.73 Å². The van der Waals surface area contributed by atoms with E-state index in [1.807, 2.05) is 17.0 Å². The highest BCUT2D eigenvalue weighted by molar-refractivity contribution is 5.78. The zero-order valence-electron chi connectivity index (χ0n) is 11.6. The molecule has 2 aliphatic rings. The summed E-state index contributed by atoms with van der Waals surface area (Å²) in [5, 5.41) is 0. The molecule has 20 heavy (non-hydrogen) atoms. The second-order valence-corrected chi connectivity index (χ2v) is 5.61. The number of pyridine rings is 1. The fourth-order valence-corrected chi connectivity index (χ4v) is 3.19. The minimum absolute atomic E-state index is 0.0171. The third kappa shape index (κ3) is 2.69. The van der Waals surface area contributed by atoms with Crippen LogP contribution in [0.25, 0.3) is 0 Å². The molecular weight excluding hydrogens is 254 g/mol. The van der Waals surface area contributed by atoms with Crippen LogP contribution >= 0.6 is 0 Å². The lowest BCUT2D eigenvalue weighted by Gasteiger charge is -2.41. The normalized spacial score (nSPS) is 30.8. The van der Waals surface area contributed by atoms with Crippen molar-refractivity contribution in [2.75, 3.05) is 13.2 Å². The first-order valence-electron chi connectivity index (χ1n) is 7.32. The van der Waals surface area contributed by atoms with E-state index in [1.54, 1.807) is 12.4 Å². The van der Waals surface area contributed by atoms with Crippen LogP contribution in [0.2, 0.25) is 0 Å². The predicted molar refractivity (Wildman–Crippen MR) is 74.9 cm³/mol. The summed E-state index contributed by atoms with van der Waals surface area (Å²) in [6, 6.07) is 3.83. The molecule has 2 N–H and O–H groups in total. The highest BCUT2D eigenvalue weighted by Gasteiger charge is 2.36. The number of ether oxygens (including phenoxy) is 1. The molecule has 0 bridgehead atoms. The number of piperidine rings is 1. The fraction of sp³-hybridized carbons (Fsp3) is 0.600. The van der Waals surface area contributed by atoms with Crippen molar-refractivity contribution in [3.05, 3.63) is 30.1 Å². The van der Waals surface area contributed by atoms with Gasteiger partial charge in [0.05, 0.1) is 12.1 Å². The molecular formula is C15H21N3O2. The number of likely N-dealkylation sites (tertiary alicyclic amines) is 1. The van der Waals surface area contributed by atoms with Crippen LogP contribution in [0.3, 0.4) is 0 Å². The van der Waals surface area contributed by atoms with E-state index in [0.29, 0.717) is 13.0 Å². The molecule has 108 valence electrons. The fourth-order valence-electron chi connectivity index (χ4n) is 3.19. The van der Waals surface area contributed by atoms with Gasteiger partial charge in [-0.15, -0.1) is 0 Å². The molecule has 1 amide bonds. The smallest absolute Gasteiger partial charge is 0.223 e. The highest BCUT2D eigenvalue weighted by Crippen LogP contribution is 2.31. The number of nitrogens with two attached hydrogens (primary N) is 1. The van der Waals surface area contributed by atoms with Crippen LogP contribution in [0.4, 0.5) is 0 Å². The molecule has 3 atom stereocenters. The van der Waals surface area contributed by atoms with Crippen LogP contribution in [-0.4, -0.2) is 41.1 Å². The van der Waals surface area contributed by atoms with E-state index in [4.69, 9.17) is 10.5 Å². The Bertz CT molecular complexity index is 459. The van der Waals surface area contributed by atoms with Gasteiger partial charge in [0.2, 0.25) is 5.91 Å². The molecule has 3 heterocycles. The number of carbonyl (C=O) groups excluding carboxylic acids is 1. The van der Waals surface area contributed by atoms with Gasteiger partial charge in [0, 0.05) is 38.0 Å². The summed E-state index contributed by atoms with van der Waals surface area (Å²) in [6.45, 7) is 1.46. The maximum absolute atomic E-state index is 12.3. The third-order valence-corrected chi connectivity index (χ3v) is 4.23. The molecule has 0 aliphatic carbocycles. The lowest BCUT2D eigenvalue weighted by Crippen LogP contribution is -2.51. The Kier molecular flexibility index (Phi) is 3.98. The number of carbonyl (C=O) groups is 1. The zero-order chi connectivity index (χ0) is 13.9. The summed E-state index contributed by atoms with van der Waals surface area (Å²) in [5.74, 6) is 0.184. The van der Waals surface area contributed by atoms with Crippen LogP contribution in [0.15, 0.2) is 24.5 Å². The van der Waals surface area contributed by atoms with Crippen molar-refractivity contribution in [1.29, 1.82) is 0 Å². The molecule has 1 aromatic rings. The number of nitrogens with zero attached hydrogens (tertiary/aromatic N) is 2. The Labute approximate surface area is 119 Å². The summed E-state index contributed by atoms with van der Waals surface area (Å²) in [5.41, 5.74) is 7.35. The number of amides is 1. The van der Waals surface area contributed by atoms with E-state index >= 15 is 0 Å². The molecule has 1 aromatic heterocycles. The minimum Gasteiger partial charge on any atom is -0.376 e. The van der Waals surface area contributed by atoms with Gasteiger partial charge in [-0.3, -0.25) is 9.78 Å². The Balaban J connectivity index is 1.83. The van der Waals surface area contributed by atoms with Crippen LogP contribution in [0.1, 0.15) is 37.3 Å². The number of hydrogen-bond donors (Lipinski definition) is 1. The topological polar surface area (TPSA) is 68.5 Å². The van der Waals surface area contributed by atoms with Crippen molar-refractivity contribution in [1.82, 2.24) is 9.88 Å². The molecule has 0 radical (unpaired) electrons. The second kappa shape index (κ2) is 5.89. The lowest BCUT2D eigenvalue weighted by atomic mass is 9.90. The molecule has 0 spiro atoms. The summed E-state index contributed by atoms with van der Waals surface area (Å²) in [6.07, 6.45) is 7.06. The average molecular weight is 275 g/mol. The van der Waals surface area contributed by atoms with Crippen LogP contribution in [0, 0.1) is 0 Å². The Morgan fingerprint density at radius 1 is 1.35 bits per heavy atom. The standard InChI is InChI=1S/C15H21N3O2/c16-13-3-4-14(19)18(10-12-2-1-9-20-12)15(13)11-5-7-17-8-6-11/h5-8,12-13,15H,1-4,9-10,16H2. The lowest BCUT2D eigenvalue weighted by molar-refractivity contribution is -0.139. The first kappa shape index (κ1) is 13.5. The highest BCUT2D eigenvalue weighted by atomic mass is 16.5. The molecule has 3 unspecified atom stereocenters. The van der Waals surface area contributed by atoms with Crippen molar-refractivity contribution >= 4 is 5.91 Å². The van der Waals surface area contributed by atoms with Gasteiger partial charge in [-0.1, -0.05) is 0 Å². The van der Waals surface area contributed by atoms with Crippen LogP contribution in [0.5, 0.6) is 0 Å². The minimum atomic E-state index is -0.0524. The van der Waals surface area contributed by atoms with Gasteiger partial charge in [-0.2, -0.15) is 0 Å². The van der Waals surface area contributed by atoms with Crippen LogP contribution < -0.4 is 5.73 Å². The van der Waals surface area contributed by atoms with E-state index in [0.717, 1.165) is 31.4 Å². The maximum Gasteiger partial charge on any atom is 0.223 e. The third-order valence-electron chi connectivity index (χ3n) is 4.23. The SMILES string of the molecule is NC1CCC(=O)N(CC2CCCO2)C1c1ccncc1. The number of hydrogen-bond acceptors (Lipinski definition) is 4. The molecule has 5 heteroatoms. The molecule has 2 fully saturated rings. The van der Waals surface area contributed by atoms with E-state index in [2.05, 4.69) is 4.98 Å². The van der Waals surface area contributed by atoms with Gasteiger partial charge < -0.3 is 15.4 Å². The second-order valence-electron chi connectivity index (χ2n) is 5.61. The van der Waals surface area contributed by atoms with Crippen LogP contribution in [-0.2, 0) is 9.53 Å². The maximum atomic E-state index is 12.3. The summed E-state index contributed by atoms with van der Waals surface area (Å²) in [4.78, 5) is 18.3. The average Bonchev–Trinajstić information content (AvgIpc) is 2.97. The van der Waals surface area contributed by atoms with E-state index < -0.39 is 0 Å². The molecule has 3 rings (SSSR count). The van der Waals surface area contributed by atoms with Gasteiger partial charge in [-0.25, -0.2) is 0 Å². The van der Waals surface area contributed by atoms with E-state index in [1.165, 1.54) is 0 Å². The predicted octanol–water partition coefficient (Wildman–Crippen LogP) is 1.25. The van der Waals surface area contributed by atoms with Gasteiger partial charge >= 0.3 is 0 Å². The van der Waals surface area contributed by atoms with E-state index in [9.17, 15) is 4.79 Å². The quantitative estimate of drug-likeness (QED) is 0.901. The van der Waals surface area contributed by atoms with Crippen molar-refractivity contribution in [3.8, 4) is 0 Å². The molecule has 0 aromatic carbocycles. The Hall–Kier alpha value is -1.46. The largest absolute Gasteiger partial charge is 0.376 e. The first-order valence-corrected chi connectivity index (χ1v) is 7.32. The zero-order valence-corrected chi connectivity index (χ0v) is 11.6. The first-order chi connectivity index (χ1) is 9.75. The molecule has 2 saturated heterocycles. The monoisotopic (exact) mass is 275 g/mol. The van der Waals surface area contributed by atoms with Gasteiger partial charge in [0.25, 0.3) is 0 Å². The summed E-state index contributed by atoms with van der Waals surface area (Å²) < 4.78 is 5.68. The number of rotatable bonds is 3. The summed E-state index contributed by atoms with van der Waals surface area (Å²) in [7, 11) is 0.